The van der Waals surface area contributed by atoms with Crippen molar-refractivity contribution >= 4 is 11.7 Å². The summed E-state index contributed by atoms with van der Waals surface area (Å²) in [5.41, 5.74) is 5.76. The lowest BCUT2D eigenvalue weighted by Gasteiger charge is -2.31. The number of hydrogen-bond donors (Lipinski definition) is 2. The molecule has 1 rings (SSSR count). The number of anilines is 1. The van der Waals surface area contributed by atoms with Crippen LogP contribution in [0, 0.1) is 12.3 Å². The number of hydrogen-bond acceptors (Lipinski definition) is 5. The zero-order valence-corrected chi connectivity index (χ0v) is 12.9. The van der Waals surface area contributed by atoms with Crippen LogP contribution in [0.25, 0.3) is 0 Å². The topological polar surface area (TPSA) is 84.4 Å². The number of amides is 1. The average Bonchev–Trinajstić information content (AvgIpc) is 2.74. The van der Waals surface area contributed by atoms with E-state index < -0.39 is 0 Å². The van der Waals surface area contributed by atoms with Gasteiger partial charge in [0.05, 0.1) is 6.54 Å². The Morgan fingerprint density at radius 1 is 1.55 bits per heavy atom. The van der Waals surface area contributed by atoms with Crippen LogP contribution in [0.2, 0.25) is 0 Å². The molecule has 0 saturated carbocycles. The third-order valence-corrected chi connectivity index (χ3v) is 3.01. The molecule has 1 amide bonds. The van der Waals surface area contributed by atoms with Gasteiger partial charge in [0.25, 0.3) is 0 Å². The summed E-state index contributed by atoms with van der Waals surface area (Å²) in [5, 5.41) is 6.49. The first kappa shape index (κ1) is 16.7. The summed E-state index contributed by atoms with van der Waals surface area (Å²) in [7, 11) is 0. The number of rotatable bonds is 8. The van der Waals surface area contributed by atoms with Crippen LogP contribution in [-0.2, 0) is 4.79 Å². The largest absolute Gasteiger partial charge is 0.360 e. The van der Waals surface area contributed by atoms with Crippen molar-refractivity contribution in [2.24, 2.45) is 11.1 Å². The lowest BCUT2D eigenvalue weighted by atomic mass is 9.93. The molecule has 20 heavy (non-hydrogen) atoms. The Hall–Kier alpha value is -1.40. The average molecular weight is 282 g/mol. The van der Waals surface area contributed by atoms with Crippen molar-refractivity contribution in [3.63, 3.8) is 0 Å². The van der Waals surface area contributed by atoms with Gasteiger partial charge in [0.1, 0.15) is 5.76 Å². The van der Waals surface area contributed by atoms with Crippen LogP contribution in [0.15, 0.2) is 10.6 Å². The minimum Gasteiger partial charge on any atom is -0.360 e. The van der Waals surface area contributed by atoms with Crippen molar-refractivity contribution in [3.05, 3.63) is 11.8 Å². The third-order valence-electron chi connectivity index (χ3n) is 3.01. The molecule has 0 fully saturated rings. The molecule has 3 N–H and O–H groups in total. The van der Waals surface area contributed by atoms with Crippen LogP contribution in [0.5, 0.6) is 0 Å². The summed E-state index contributed by atoms with van der Waals surface area (Å²) < 4.78 is 4.92. The molecule has 0 aliphatic heterocycles. The molecule has 114 valence electrons. The zero-order valence-electron chi connectivity index (χ0n) is 12.9. The minimum absolute atomic E-state index is 0.0000710. The van der Waals surface area contributed by atoms with Gasteiger partial charge in [-0.25, -0.2) is 0 Å². The summed E-state index contributed by atoms with van der Waals surface area (Å²) in [6.07, 6.45) is 0.997. The fourth-order valence-electron chi connectivity index (χ4n) is 2.01. The smallest absolute Gasteiger partial charge is 0.239 e. The SMILES string of the molecule is CCCN(CC(=O)Nc1cc(C)on1)CC(C)(C)CN. The molecule has 1 heterocycles. The highest BCUT2D eigenvalue weighted by atomic mass is 16.5. The summed E-state index contributed by atoms with van der Waals surface area (Å²) in [6.45, 7) is 10.7. The number of nitrogens with two attached hydrogens (primary N) is 1. The predicted octanol–water partition coefficient (Wildman–Crippen LogP) is 1.62. The van der Waals surface area contributed by atoms with E-state index in [1.165, 1.54) is 0 Å². The number of carbonyl (C=O) groups excluding carboxylic acids is 1. The van der Waals surface area contributed by atoms with E-state index in [0.29, 0.717) is 24.7 Å². The number of nitrogens with zero attached hydrogens (tertiary/aromatic N) is 2. The monoisotopic (exact) mass is 282 g/mol. The second-order valence-corrected chi connectivity index (χ2v) is 5.95. The molecule has 0 aliphatic rings. The maximum absolute atomic E-state index is 12.0. The first-order valence-electron chi connectivity index (χ1n) is 7.02. The number of aromatic nitrogens is 1. The summed E-state index contributed by atoms with van der Waals surface area (Å²) in [5.74, 6) is 1.05. The molecule has 0 radical (unpaired) electrons. The van der Waals surface area contributed by atoms with E-state index in [0.717, 1.165) is 19.5 Å². The van der Waals surface area contributed by atoms with Crippen LogP contribution < -0.4 is 11.1 Å². The van der Waals surface area contributed by atoms with Crippen LogP contribution in [0.1, 0.15) is 33.0 Å². The highest BCUT2D eigenvalue weighted by molar-refractivity contribution is 5.91. The standard InChI is InChI=1S/C14H26N4O2/c1-5-6-18(10-14(3,4)9-15)8-13(19)16-12-7-11(2)20-17-12/h7H,5-6,8-10,15H2,1-4H3,(H,16,17,19). The highest BCUT2D eigenvalue weighted by Gasteiger charge is 2.21. The Balaban J connectivity index is 2.54. The van der Waals surface area contributed by atoms with E-state index in [2.05, 4.69) is 36.1 Å². The molecule has 0 bridgehead atoms. The van der Waals surface area contributed by atoms with E-state index in [1.54, 1.807) is 13.0 Å². The molecule has 0 atom stereocenters. The normalized spacial score (nSPS) is 11.9. The fourth-order valence-corrected chi connectivity index (χ4v) is 2.01. The molecule has 1 aromatic heterocycles. The van der Waals surface area contributed by atoms with Gasteiger partial charge in [0.2, 0.25) is 5.91 Å². The second-order valence-electron chi connectivity index (χ2n) is 5.95. The Morgan fingerprint density at radius 2 is 2.25 bits per heavy atom. The first-order valence-corrected chi connectivity index (χ1v) is 7.02. The number of aryl methyl sites for hydroxylation is 1. The molecule has 6 nitrogen and oxygen atoms in total. The summed E-state index contributed by atoms with van der Waals surface area (Å²) in [6, 6.07) is 1.70. The van der Waals surface area contributed by atoms with Crippen molar-refractivity contribution in [2.75, 3.05) is 31.5 Å². The maximum Gasteiger partial charge on any atom is 0.239 e. The highest BCUT2D eigenvalue weighted by Crippen LogP contribution is 2.15. The molecule has 0 aromatic carbocycles. The van der Waals surface area contributed by atoms with Gasteiger partial charge in [0.15, 0.2) is 5.82 Å². The minimum atomic E-state index is -0.0837. The Labute approximate surface area is 120 Å². The molecule has 0 aliphatic carbocycles. The predicted molar refractivity (Wildman–Crippen MR) is 79.4 cm³/mol. The zero-order chi connectivity index (χ0) is 15.2. The van der Waals surface area contributed by atoms with Crippen LogP contribution >= 0.6 is 0 Å². The van der Waals surface area contributed by atoms with Crippen molar-refractivity contribution in [1.29, 1.82) is 0 Å². The quantitative estimate of drug-likeness (QED) is 0.757. The maximum atomic E-state index is 12.0. The molecule has 0 spiro atoms. The van der Waals surface area contributed by atoms with E-state index in [1.807, 2.05) is 0 Å². The van der Waals surface area contributed by atoms with Gasteiger partial charge in [-0.3, -0.25) is 9.69 Å². The van der Waals surface area contributed by atoms with Gasteiger partial charge in [-0.1, -0.05) is 25.9 Å². The van der Waals surface area contributed by atoms with Crippen LogP contribution in [-0.4, -0.2) is 42.1 Å². The molecule has 0 saturated heterocycles. The summed E-state index contributed by atoms with van der Waals surface area (Å²) in [4.78, 5) is 14.1. The van der Waals surface area contributed by atoms with Crippen LogP contribution in [0.4, 0.5) is 5.82 Å². The number of carbonyl (C=O) groups is 1. The van der Waals surface area contributed by atoms with Crippen molar-refractivity contribution in [2.45, 2.75) is 34.1 Å². The fraction of sp³-hybridized carbons (Fsp3) is 0.714. The lowest BCUT2D eigenvalue weighted by Crippen LogP contribution is -2.42. The van der Waals surface area contributed by atoms with Crippen molar-refractivity contribution in [3.8, 4) is 0 Å². The van der Waals surface area contributed by atoms with Gasteiger partial charge in [-0.05, 0) is 31.8 Å². The second kappa shape index (κ2) is 7.40. The molecule has 0 unspecified atom stereocenters. The first-order chi connectivity index (χ1) is 9.36. The molecule has 6 heteroatoms. The van der Waals surface area contributed by atoms with E-state index >= 15 is 0 Å². The van der Waals surface area contributed by atoms with Crippen molar-refractivity contribution in [1.82, 2.24) is 10.1 Å². The van der Waals surface area contributed by atoms with Gasteiger partial charge >= 0.3 is 0 Å². The Morgan fingerprint density at radius 3 is 2.75 bits per heavy atom. The van der Waals surface area contributed by atoms with E-state index in [9.17, 15) is 4.79 Å². The van der Waals surface area contributed by atoms with Crippen LogP contribution in [0.3, 0.4) is 0 Å². The van der Waals surface area contributed by atoms with E-state index in [4.69, 9.17) is 10.3 Å². The van der Waals surface area contributed by atoms with E-state index in [-0.39, 0.29) is 11.3 Å². The lowest BCUT2D eigenvalue weighted by molar-refractivity contribution is -0.117. The Kier molecular flexibility index (Phi) is 6.16. The number of nitrogens with one attached hydrogen (secondary N) is 1. The van der Waals surface area contributed by atoms with Gasteiger partial charge in [-0.2, -0.15) is 0 Å². The van der Waals surface area contributed by atoms with Crippen molar-refractivity contribution < 1.29 is 9.32 Å². The summed E-state index contributed by atoms with van der Waals surface area (Å²) >= 11 is 0. The Bertz CT molecular complexity index is 429. The molecule has 1 aromatic rings. The molecular weight excluding hydrogens is 256 g/mol. The van der Waals surface area contributed by atoms with Gasteiger partial charge in [0, 0.05) is 12.6 Å². The van der Waals surface area contributed by atoms with Gasteiger partial charge < -0.3 is 15.6 Å². The molecular formula is C14H26N4O2. The third kappa shape index (κ3) is 5.71. The van der Waals surface area contributed by atoms with Gasteiger partial charge in [-0.15, -0.1) is 0 Å².